The highest BCUT2D eigenvalue weighted by Crippen LogP contribution is 2.25. The Morgan fingerprint density at radius 2 is 1.71 bits per heavy atom. The van der Waals surface area contributed by atoms with Gasteiger partial charge in [-0.3, -0.25) is 0 Å². The molecule has 0 aliphatic carbocycles. The number of rotatable bonds is 4. The molecule has 38 heavy (non-hydrogen) atoms. The highest BCUT2D eigenvalue weighted by molar-refractivity contribution is 5.85. The first-order valence-electron chi connectivity index (χ1n) is 13.1. The summed E-state index contributed by atoms with van der Waals surface area (Å²) in [6.45, 7) is 10.6. The SMILES string of the molecule is Cc1nc2cccc(C#Cc3nc(Nc4ccc(N5CCN(C)CC5)cc4)nc4[nH]ccc34)c2n1C(C)C. The average Bonchev–Trinajstić information content (AvgIpc) is 3.52. The van der Waals surface area contributed by atoms with Crippen LogP contribution in [0.4, 0.5) is 17.3 Å². The van der Waals surface area contributed by atoms with Crippen LogP contribution in [-0.4, -0.2) is 62.6 Å². The molecular formula is C30H32N8. The smallest absolute Gasteiger partial charge is 0.230 e. The molecule has 0 radical (unpaired) electrons. The zero-order valence-electron chi connectivity index (χ0n) is 22.3. The van der Waals surface area contributed by atoms with E-state index in [9.17, 15) is 0 Å². The van der Waals surface area contributed by atoms with Crippen LogP contribution < -0.4 is 10.2 Å². The number of benzene rings is 2. The van der Waals surface area contributed by atoms with Crippen molar-refractivity contribution < 1.29 is 0 Å². The van der Waals surface area contributed by atoms with E-state index in [-0.39, 0.29) is 6.04 Å². The van der Waals surface area contributed by atoms with E-state index in [1.807, 2.05) is 37.4 Å². The van der Waals surface area contributed by atoms with Crippen molar-refractivity contribution in [3.05, 3.63) is 71.8 Å². The largest absolute Gasteiger partial charge is 0.369 e. The zero-order chi connectivity index (χ0) is 26.2. The molecule has 1 aliphatic rings. The van der Waals surface area contributed by atoms with Crippen molar-refractivity contribution in [1.29, 1.82) is 0 Å². The van der Waals surface area contributed by atoms with Crippen LogP contribution in [0.3, 0.4) is 0 Å². The second-order valence-corrected chi connectivity index (χ2v) is 10.1. The minimum Gasteiger partial charge on any atom is -0.369 e. The maximum Gasteiger partial charge on any atom is 0.230 e. The number of fused-ring (bicyclic) bond motifs is 2. The van der Waals surface area contributed by atoms with Crippen molar-refractivity contribution >= 4 is 39.4 Å². The van der Waals surface area contributed by atoms with Crippen LogP contribution in [0.15, 0.2) is 54.7 Å². The predicted molar refractivity (Wildman–Crippen MR) is 154 cm³/mol. The van der Waals surface area contributed by atoms with Gasteiger partial charge in [0.05, 0.1) is 22.0 Å². The number of para-hydroxylation sites is 1. The van der Waals surface area contributed by atoms with Crippen molar-refractivity contribution in [1.82, 2.24) is 29.4 Å². The van der Waals surface area contributed by atoms with E-state index in [0.29, 0.717) is 11.6 Å². The molecule has 192 valence electrons. The van der Waals surface area contributed by atoms with Gasteiger partial charge in [-0.05, 0) is 76.2 Å². The molecule has 0 amide bonds. The summed E-state index contributed by atoms with van der Waals surface area (Å²) >= 11 is 0. The predicted octanol–water partition coefficient (Wildman–Crippen LogP) is 5.09. The molecule has 0 saturated carbocycles. The number of hydrogen-bond donors (Lipinski definition) is 2. The average molecular weight is 505 g/mol. The fourth-order valence-corrected chi connectivity index (χ4v) is 5.17. The number of anilines is 3. The Labute approximate surface area is 222 Å². The summed E-state index contributed by atoms with van der Waals surface area (Å²) in [5.41, 5.74) is 6.56. The molecule has 8 nitrogen and oxygen atoms in total. The van der Waals surface area contributed by atoms with Gasteiger partial charge in [-0.15, -0.1) is 0 Å². The molecule has 3 aromatic heterocycles. The quantitative estimate of drug-likeness (QED) is 0.332. The van der Waals surface area contributed by atoms with Gasteiger partial charge >= 0.3 is 0 Å². The van der Waals surface area contributed by atoms with Gasteiger partial charge in [0.25, 0.3) is 0 Å². The van der Waals surface area contributed by atoms with Gasteiger partial charge < -0.3 is 24.7 Å². The molecule has 0 unspecified atom stereocenters. The van der Waals surface area contributed by atoms with Crippen LogP contribution in [0.5, 0.6) is 0 Å². The molecule has 5 aromatic rings. The van der Waals surface area contributed by atoms with E-state index in [1.54, 1.807) is 0 Å². The zero-order valence-corrected chi connectivity index (χ0v) is 22.3. The lowest BCUT2D eigenvalue weighted by molar-refractivity contribution is 0.313. The van der Waals surface area contributed by atoms with Crippen LogP contribution in [0, 0.1) is 18.8 Å². The standard InChI is InChI=1S/C30H32N8/c1-20(2)38-21(3)32-27-7-5-6-22(28(27)38)8-13-26-25-14-15-31-29(25)35-30(34-26)33-23-9-11-24(12-10-23)37-18-16-36(4)17-19-37/h5-7,9-12,14-15,20H,16-19H2,1-4H3,(H2,31,33,34,35). The van der Waals surface area contributed by atoms with E-state index in [1.165, 1.54) is 5.69 Å². The van der Waals surface area contributed by atoms with Crippen LogP contribution in [-0.2, 0) is 0 Å². The lowest BCUT2D eigenvalue weighted by atomic mass is 10.1. The Kier molecular flexibility index (Phi) is 6.22. The first-order chi connectivity index (χ1) is 18.5. The molecule has 1 aliphatic heterocycles. The number of imidazole rings is 1. The topological polar surface area (TPSA) is 77.9 Å². The van der Waals surface area contributed by atoms with Crippen LogP contribution >= 0.6 is 0 Å². The second-order valence-electron chi connectivity index (χ2n) is 10.1. The number of H-pyrrole nitrogens is 1. The number of aryl methyl sites for hydroxylation is 1. The number of hydrogen-bond acceptors (Lipinski definition) is 6. The lowest BCUT2D eigenvalue weighted by Gasteiger charge is -2.34. The van der Waals surface area contributed by atoms with Crippen LogP contribution in [0.2, 0.25) is 0 Å². The number of aromatic nitrogens is 5. The van der Waals surface area contributed by atoms with Gasteiger partial charge in [0.2, 0.25) is 5.95 Å². The molecule has 2 aromatic carbocycles. The summed E-state index contributed by atoms with van der Waals surface area (Å²) < 4.78 is 2.24. The van der Waals surface area contributed by atoms with Crippen molar-refractivity contribution in [2.45, 2.75) is 26.8 Å². The molecule has 6 rings (SSSR count). The maximum atomic E-state index is 4.79. The van der Waals surface area contributed by atoms with Crippen molar-refractivity contribution in [2.24, 2.45) is 0 Å². The number of nitrogens with one attached hydrogen (secondary N) is 2. The van der Waals surface area contributed by atoms with Gasteiger partial charge in [-0.2, -0.15) is 4.98 Å². The fourth-order valence-electron chi connectivity index (χ4n) is 5.17. The van der Waals surface area contributed by atoms with E-state index < -0.39 is 0 Å². The van der Waals surface area contributed by atoms with Crippen LogP contribution in [0.1, 0.15) is 37.0 Å². The molecule has 1 fully saturated rings. The number of piperazine rings is 1. The molecular weight excluding hydrogens is 472 g/mol. The molecule has 0 spiro atoms. The summed E-state index contributed by atoms with van der Waals surface area (Å²) in [7, 11) is 2.17. The normalized spacial score (nSPS) is 14.3. The Hall–Kier alpha value is -4.35. The van der Waals surface area contributed by atoms with Crippen molar-refractivity contribution in [2.75, 3.05) is 43.4 Å². The third-order valence-electron chi connectivity index (χ3n) is 7.13. The first-order valence-corrected chi connectivity index (χ1v) is 13.1. The Morgan fingerprint density at radius 3 is 2.47 bits per heavy atom. The van der Waals surface area contributed by atoms with Gasteiger partial charge in [0, 0.05) is 49.8 Å². The summed E-state index contributed by atoms with van der Waals surface area (Å²) in [6.07, 6.45) is 1.87. The Balaban J connectivity index is 1.31. The fraction of sp³-hybridized carbons (Fsp3) is 0.300. The van der Waals surface area contributed by atoms with Gasteiger partial charge in [0.15, 0.2) is 0 Å². The van der Waals surface area contributed by atoms with Crippen molar-refractivity contribution in [3.8, 4) is 11.8 Å². The Bertz CT molecular complexity index is 1660. The molecule has 8 heteroatoms. The summed E-state index contributed by atoms with van der Waals surface area (Å²) in [4.78, 5) is 22.2. The summed E-state index contributed by atoms with van der Waals surface area (Å²) in [5.74, 6) is 8.21. The molecule has 0 atom stereocenters. The molecule has 4 heterocycles. The van der Waals surface area contributed by atoms with Gasteiger partial charge in [-0.25, -0.2) is 9.97 Å². The monoisotopic (exact) mass is 504 g/mol. The maximum absolute atomic E-state index is 4.79. The van der Waals surface area contributed by atoms with Gasteiger partial charge in [-0.1, -0.05) is 12.0 Å². The van der Waals surface area contributed by atoms with Gasteiger partial charge in [0.1, 0.15) is 17.2 Å². The number of aromatic amines is 1. The third kappa shape index (κ3) is 4.57. The second kappa shape index (κ2) is 9.84. The van der Waals surface area contributed by atoms with E-state index in [2.05, 4.69) is 86.7 Å². The summed E-state index contributed by atoms with van der Waals surface area (Å²) in [6, 6.07) is 16.8. The highest BCUT2D eigenvalue weighted by Gasteiger charge is 2.15. The molecule has 0 bridgehead atoms. The van der Waals surface area contributed by atoms with Crippen molar-refractivity contribution in [3.63, 3.8) is 0 Å². The number of nitrogens with zero attached hydrogens (tertiary/aromatic N) is 6. The minimum absolute atomic E-state index is 0.289. The molecule has 1 saturated heterocycles. The molecule has 2 N–H and O–H groups in total. The van der Waals surface area contributed by atoms with E-state index in [0.717, 1.165) is 65.3 Å². The number of likely N-dealkylation sites (N-methyl/N-ethyl adjacent to an activating group) is 1. The first kappa shape index (κ1) is 24.0. The van der Waals surface area contributed by atoms with Crippen LogP contribution in [0.25, 0.3) is 22.1 Å². The van der Waals surface area contributed by atoms with E-state index >= 15 is 0 Å². The third-order valence-corrected chi connectivity index (χ3v) is 7.13. The highest BCUT2D eigenvalue weighted by atomic mass is 15.2. The Morgan fingerprint density at radius 1 is 0.921 bits per heavy atom. The summed E-state index contributed by atoms with van der Waals surface area (Å²) in [5, 5.41) is 4.27. The lowest BCUT2D eigenvalue weighted by Crippen LogP contribution is -2.44. The van der Waals surface area contributed by atoms with E-state index in [4.69, 9.17) is 9.97 Å². The minimum atomic E-state index is 0.289.